The number of ether oxygens (including phenoxy) is 2. The number of hydrogen-bond acceptors (Lipinski definition) is 5. The molecule has 3 heterocycles. The second-order valence-corrected chi connectivity index (χ2v) is 10.4. The van der Waals surface area contributed by atoms with E-state index in [0.29, 0.717) is 53.5 Å². The minimum atomic E-state index is -1.78. The second-order valence-electron chi connectivity index (χ2n) is 10.4. The maximum Gasteiger partial charge on any atom is 0.335 e. The van der Waals surface area contributed by atoms with Crippen LogP contribution in [-0.2, 0) is 9.53 Å². The van der Waals surface area contributed by atoms with Gasteiger partial charge in [-0.2, -0.15) is 5.10 Å². The Kier molecular flexibility index (Phi) is 6.11. The summed E-state index contributed by atoms with van der Waals surface area (Å²) in [6, 6.07) is 6.50. The zero-order valence-electron chi connectivity index (χ0n) is 21.0. The Hall–Kier alpha value is -3.50. The summed E-state index contributed by atoms with van der Waals surface area (Å²) in [5.74, 6) is -2.20. The van der Waals surface area contributed by atoms with Crippen molar-refractivity contribution < 1.29 is 33.3 Å². The van der Waals surface area contributed by atoms with Crippen molar-refractivity contribution in [3.63, 3.8) is 0 Å². The van der Waals surface area contributed by atoms with Crippen LogP contribution < -0.4 is 4.74 Å². The van der Waals surface area contributed by atoms with Crippen molar-refractivity contribution in [3.8, 4) is 11.4 Å². The Labute approximate surface area is 217 Å². The van der Waals surface area contributed by atoms with E-state index in [4.69, 9.17) is 9.47 Å². The van der Waals surface area contributed by atoms with Crippen molar-refractivity contribution in [3.05, 3.63) is 53.4 Å². The molecule has 1 aliphatic heterocycles. The molecule has 0 unspecified atom stereocenters. The van der Waals surface area contributed by atoms with Crippen LogP contribution in [0.25, 0.3) is 27.5 Å². The Morgan fingerprint density at radius 1 is 1.16 bits per heavy atom. The Morgan fingerprint density at radius 2 is 1.89 bits per heavy atom. The van der Waals surface area contributed by atoms with Crippen LogP contribution >= 0.6 is 0 Å². The van der Waals surface area contributed by atoms with Gasteiger partial charge in [0.15, 0.2) is 23.0 Å². The predicted molar refractivity (Wildman–Crippen MR) is 136 cm³/mol. The average Bonchev–Trinajstić information content (AvgIpc) is 3.53. The molecule has 8 nitrogen and oxygen atoms in total. The van der Waals surface area contributed by atoms with Gasteiger partial charge in [0, 0.05) is 47.4 Å². The lowest BCUT2D eigenvalue weighted by molar-refractivity contribution is -0.162. The average molecular weight is 526 g/mol. The molecule has 2 aromatic heterocycles. The Morgan fingerprint density at radius 3 is 2.58 bits per heavy atom. The molecule has 10 heteroatoms. The molecule has 1 saturated heterocycles. The number of hydrogen-bond donors (Lipinski definition) is 3. The second kappa shape index (κ2) is 9.36. The largest absolute Gasteiger partial charge is 0.494 e. The maximum absolute atomic E-state index is 16.3. The quantitative estimate of drug-likeness (QED) is 0.332. The molecule has 6 rings (SSSR count). The van der Waals surface area contributed by atoms with Gasteiger partial charge in [-0.05, 0) is 68.2 Å². The number of aliphatic carboxylic acids is 1. The monoisotopic (exact) mass is 525 g/mol. The van der Waals surface area contributed by atoms with Crippen LogP contribution in [0.1, 0.15) is 61.6 Å². The summed E-state index contributed by atoms with van der Waals surface area (Å²) in [7, 11) is 1.40. The van der Waals surface area contributed by atoms with Crippen molar-refractivity contribution in [2.75, 3.05) is 20.3 Å². The molecule has 4 aromatic rings. The third-order valence-corrected chi connectivity index (χ3v) is 8.30. The number of methoxy groups -OCH3 is 1. The highest BCUT2D eigenvalue weighted by molar-refractivity contribution is 6.00. The molecular weight excluding hydrogens is 496 g/mol. The topological polar surface area (TPSA) is 110 Å². The highest BCUT2D eigenvalue weighted by atomic mass is 19.1. The van der Waals surface area contributed by atoms with Crippen LogP contribution in [0, 0.1) is 11.6 Å². The summed E-state index contributed by atoms with van der Waals surface area (Å²) in [6.07, 6.45) is 3.97. The first kappa shape index (κ1) is 24.8. The molecule has 0 amide bonds. The van der Waals surface area contributed by atoms with Crippen LogP contribution in [0.15, 0.2) is 30.5 Å². The summed E-state index contributed by atoms with van der Waals surface area (Å²) in [5.41, 5.74) is 1.51. The van der Waals surface area contributed by atoms with Crippen molar-refractivity contribution in [1.29, 1.82) is 0 Å². The number of nitrogens with one attached hydrogen (secondary N) is 1. The summed E-state index contributed by atoms with van der Waals surface area (Å²) in [6.45, 7) is 1.13. The fourth-order valence-electron chi connectivity index (χ4n) is 6.30. The molecule has 1 saturated carbocycles. The normalized spacial score (nSPS) is 22.8. The van der Waals surface area contributed by atoms with E-state index < -0.39 is 23.2 Å². The van der Waals surface area contributed by atoms with E-state index in [2.05, 4.69) is 10.2 Å². The maximum atomic E-state index is 16.3. The van der Waals surface area contributed by atoms with E-state index >= 15 is 4.39 Å². The molecule has 2 aromatic carbocycles. The number of H-pyrrole nitrogens is 1. The fraction of sp³-hybridized carbons (Fsp3) is 0.429. The van der Waals surface area contributed by atoms with Gasteiger partial charge >= 0.3 is 5.97 Å². The van der Waals surface area contributed by atoms with Crippen LogP contribution in [-0.4, -0.2) is 56.9 Å². The number of nitrogens with zero attached hydrogens (tertiary/aromatic N) is 2. The van der Waals surface area contributed by atoms with Gasteiger partial charge in [-0.15, -0.1) is 0 Å². The van der Waals surface area contributed by atoms with Gasteiger partial charge in [0.05, 0.1) is 18.8 Å². The van der Waals surface area contributed by atoms with Gasteiger partial charge in [-0.25, -0.2) is 13.6 Å². The van der Waals surface area contributed by atoms with Gasteiger partial charge in [-0.3, -0.25) is 5.10 Å². The van der Waals surface area contributed by atoms with Gasteiger partial charge in [-0.1, -0.05) is 0 Å². The molecular formula is C28H29F2N3O5. The molecule has 2 aliphatic rings. The zero-order valence-corrected chi connectivity index (χ0v) is 21.0. The number of halogens is 2. The minimum absolute atomic E-state index is 0.0401. The first-order valence-electron chi connectivity index (χ1n) is 12.9. The van der Waals surface area contributed by atoms with E-state index in [1.165, 1.54) is 13.2 Å². The molecule has 200 valence electrons. The molecule has 0 spiro atoms. The molecule has 3 N–H and O–H groups in total. The number of benzene rings is 2. The van der Waals surface area contributed by atoms with Crippen molar-refractivity contribution >= 4 is 27.8 Å². The minimum Gasteiger partial charge on any atom is -0.494 e. The Bertz CT molecular complexity index is 1530. The zero-order chi connectivity index (χ0) is 26.6. The third kappa shape index (κ3) is 3.85. The van der Waals surface area contributed by atoms with E-state index in [0.717, 1.165) is 24.1 Å². The summed E-state index contributed by atoms with van der Waals surface area (Å²) in [5, 5.41) is 28.0. The van der Waals surface area contributed by atoms with Crippen molar-refractivity contribution in [1.82, 2.24) is 14.8 Å². The number of aromatic amines is 1. The van der Waals surface area contributed by atoms with Crippen LogP contribution in [0.3, 0.4) is 0 Å². The third-order valence-electron chi connectivity index (χ3n) is 8.30. The number of aromatic nitrogens is 3. The van der Waals surface area contributed by atoms with Crippen LogP contribution in [0.2, 0.25) is 0 Å². The lowest BCUT2D eigenvalue weighted by Gasteiger charge is -2.34. The predicted octanol–water partition coefficient (Wildman–Crippen LogP) is 5.16. The van der Waals surface area contributed by atoms with Crippen LogP contribution in [0.5, 0.6) is 5.75 Å². The summed E-state index contributed by atoms with van der Waals surface area (Å²) >= 11 is 0. The highest BCUT2D eigenvalue weighted by Gasteiger charge is 2.42. The lowest BCUT2D eigenvalue weighted by Crippen LogP contribution is -2.41. The number of aliphatic hydroxyl groups is 1. The molecule has 0 atom stereocenters. The number of carboxylic acid groups (broad SMARTS) is 1. The van der Waals surface area contributed by atoms with Crippen LogP contribution in [0.4, 0.5) is 8.78 Å². The molecule has 38 heavy (non-hydrogen) atoms. The highest BCUT2D eigenvalue weighted by Crippen LogP contribution is 2.49. The Balaban J connectivity index is 1.65. The van der Waals surface area contributed by atoms with E-state index in [-0.39, 0.29) is 30.4 Å². The molecule has 0 radical (unpaired) electrons. The van der Waals surface area contributed by atoms with Crippen molar-refractivity contribution in [2.24, 2.45) is 0 Å². The van der Waals surface area contributed by atoms with Crippen molar-refractivity contribution in [2.45, 2.75) is 56.0 Å². The van der Waals surface area contributed by atoms with Gasteiger partial charge in [0.25, 0.3) is 0 Å². The van der Waals surface area contributed by atoms with Gasteiger partial charge in [0.1, 0.15) is 5.52 Å². The lowest BCUT2D eigenvalue weighted by atomic mass is 9.74. The summed E-state index contributed by atoms with van der Waals surface area (Å²) < 4.78 is 43.7. The number of fused-ring (bicyclic) bond motifs is 2. The van der Waals surface area contributed by atoms with E-state index in [9.17, 15) is 19.4 Å². The van der Waals surface area contributed by atoms with Gasteiger partial charge in [0.2, 0.25) is 0 Å². The molecule has 1 aliphatic carbocycles. The standard InChI is InChI=1S/C28H29F2N3O5/c1-37-21-13-18(2-3-19(21)29)33-20-12-17-14-31-32-25(17)24(30)23(20)22(26(33)16-6-10-38-11-7-16)15-4-8-28(36,9-5-15)27(34)35/h2-3,12-16,36H,4-11H2,1H3,(H,31,32)(H,34,35). The number of carbonyl (C=O) groups is 1. The number of carboxylic acids is 1. The molecule has 2 fully saturated rings. The summed E-state index contributed by atoms with van der Waals surface area (Å²) in [4.78, 5) is 11.7. The number of rotatable bonds is 5. The SMILES string of the molecule is COc1cc(-n2c(C3CCOCC3)c(C3CCC(O)(C(=O)O)CC3)c3c(F)c4[nH]ncc4cc32)ccc1F. The smallest absolute Gasteiger partial charge is 0.335 e. The molecule has 0 bridgehead atoms. The first-order valence-corrected chi connectivity index (χ1v) is 12.9. The van der Waals surface area contributed by atoms with E-state index in [1.807, 2.05) is 10.6 Å². The fourth-order valence-corrected chi connectivity index (χ4v) is 6.30. The van der Waals surface area contributed by atoms with Gasteiger partial charge < -0.3 is 24.3 Å². The van der Waals surface area contributed by atoms with E-state index in [1.54, 1.807) is 18.3 Å². The first-order chi connectivity index (χ1) is 18.3.